The first kappa shape index (κ1) is 9.68. The minimum absolute atomic E-state index is 1.17. The molecule has 2 aliphatic heterocycles. The summed E-state index contributed by atoms with van der Waals surface area (Å²) in [5.41, 5.74) is 0. The molecule has 2 heterocycles. The van der Waals surface area contributed by atoms with Crippen LogP contribution in [-0.4, -0.2) is 43.7 Å². The molecule has 2 rings (SSSR count). The lowest BCUT2D eigenvalue weighted by atomic mass is 10.4. The van der Waals surface area contributed by atoms with Gasteiger partial charge in [-0.3, -0.25) is 0 Å². The molecule has 2 aliphatic rings. The maximum Gasteiger partial charge on any atom is 0.200 e. The van der Waals surface area contributed by atoms with Crippen molar-refractivity contribution in [1.29, 1.82) is 0 Å². The van der Waals surface area contributed by atoms with Crippen molar-refractivity contribution in [2.45, 2.75) is 38.8 Å². The Morgan fingerprint density at radius 3 is 1.31 bits per heavy atom. The van der Waals surface area contributed by atoms with E-state index in [1.54, 1.807) is 0 Å². The molecule has 0 bridgehead atoms. The van der Waals surface area contributed by atoms with Crippen LogP contribution in [0.4, 0.5) is 0 Å². The average Bonchev–Trinajstić information content (AvgIpc) is 2.78. The van der Waals surface area contributed by atoms with E-state index in [9.17, 15) is 0 Å². The molecule has 0 N–H and O–H groups in total. The van der Waals surface area contributed by atoms with Gasteiger partial charge in [-0.05, 0) is 65.0 Å². The van der Waals surface area contributed by atoms with Crippen molar-refractivity contribution < 1.29 is 0 Å². The Labute approximate surface area is 83.1 Å². The van der Waals surface area contributed by atoms with E-state index < -0.39 is 8.40 Å². The minimum Gasteiger partial charge on any atom is -0.312 e. The van der Waals surface area contributed by atoms with Gasteiger partial charge in [0.1, 0.15) is 0 Å². The lowest BCUT2D eigenvalue weighted by molar-refractivity contribution is 0.406. The summed E-state index contributed by atoms with van der Waals surface area (Å²) in [6, 6.07) is 0. The van der Waals surface area contributed by atoms with Crippen molar-refractivity contribution in [2.24, 2.45) is 0 Å². The van der Waals surface area contributed by atoms with E-state index in [1.807, 2.05) is 0 Å². The van der Waals surface area contributed by atoms with Gasteiger partial charge in [-0.1, -0.05) is 0 Å². The predicted octanol–water partition coefficient (Wildman–Crippen LogP) is 1.88. The van der Waals surface area contributed by atoms with Crippen LogP contribution in [0.5, 0.6) is 0 Å². The molecular formula is C10H22N2Si. The molecule has 0 amide bonds. The van der Waals surface area contributed by atoms with Crippen LogP contribution in [0.1, 0.15) is 25.7 Å². The molecule has 2 nitrogen and oxygen atoms in total. The Hall–Kier alpha value is 0.137. The first-order valence-corrected chi connectivity index (χ1v) is 8.61. The predicted molar refractivity (Wildman–Crippen MR) is 59.1 cm³/mol. The van der Waals surface area contributed by atoms with Gasteiger partial charge >= 0.3 is 0 Å². The molecular weight excluding hydrogens is 176 g/mol. The van der Waals surface area contributed by atoms with Crippen molar-refractivity contribution in [3.63, 3.8) is 0 Å². The Bertz CT molecular complexity index is 152. The fourth-order valence-electron chi connectivity index (χ4n) is 2.73. The van der Waals surface area contributed by atoms with Crippen LogP contribution in [0.3, 0.4) is 0 Å². The SMILES string of the molecule is C[Si](C)(N1CCCC1)N1CCCC1. The molecule has 13 heavy (non-hydrogen) atoms. The lowest BCUT2D eigenvalue weighted by Gasteiger charge is -2.40. The van der Waals surface area contributed by atoms with Gasteiger partial charge in [0, 0.05) is 0 Å². The average molecular weight is 198 g/mol. The van der Waals surface area contributed by atoms with E-state index in [4.69, 9.17) is 0 Å². The lowest BCUT2D eigenvalue weighted by Crippen LogP contribution is -2.59. The summed E-state index contributed by atoms with van der Waals surface area (Å²) in [5.74, 6) is 0. The molecule has 0 aromatic carbocycles. The topological polar surface area (TPSA) is 6.48 Å². The molecule has 0 aliphatic carbocycles. The molecule has 3 heteroatoms. The summed E-state index contributed by atoms with van der Waals surface area (Å²) in [6.07, 6.45) is 5.74. The summed E-state index contributed by atoms with van der Waals surface area (Å²) in [5, 5.41) is 0. The van der Waals surface area contributed by atoms with Gasteiger partial charge in [-0.2, -0.15) is 0 Å². The zero-order valence-electron chi connectivity index (χ0n) is 9.05. The van der Waals surface area contributed by atoms with Gasteiger partial charge < -0.3 is 9.13 Å². The van der Waals surface area contributed by atoms with Crippen molar-refractivity contribution >= 4 is 8.40 Å². The highest BCUT2D eigenvalue weighted by molar-refractivity contribution is 6.72. The van der Waals surface area contributed by atoms with Gasteiger partial charge in [0.05, 0.1) is 0 Å². The normalized spacial score (nSPS) is 27.2. The van der Waals surface area contributed by atoms with Crippen LogP contribution in [0.2, 0.25) is 13.1 Å². The summed E-state index contributed by atoms with van der Waals surface area (Å²) >= 11 is 0. The summed E-state index contributed by atoms with van der Waals surface area (Å²) in [4.78, 5) is 0. The van der Waals surface area contributed by atoms with Crippen molar-refractivity contribution in [2.75, 3.05) is 26.2 Å². The van der Waals surface area contributed by atoms with Crippen LogP contribution in [0.25, 0.3) is 0 Å². The molecule has 0 aromatic heterocycles. The number of hydrogen-bond acceptors (Lipinski definition) is 2. The molecule has 2 saturated heterocycles. The van der Waals surface area contributed by atoms with Gasteiger partial charge in [-0.25, -0.2) is 0 Å². The first-order chi connectivity index (χ1) is 6.21. The van der Waals surface area contributed by atoms with E-state index in [-0.39, 0.29) is 0 Å². The number of hydrogen-bond donors (Lipinski definition) is 0. The third kappa shape index (κ3) is 1.83. The summed E-state index contributed by atoms with van der Waals surface area (Å²) in [7, 11) is -1.17. The van der Waals surface area contributed by atoms with Crippen LogP contribution in [0, 0.1) is 0 Å². The quantitative estimate of drug-likeness (QED) is 0.625. The zero-order valence-corrected chi connectivity index (χ0v) is 10.1. The van der Waals surface area contributed by atoms with Crippen LogP contribution in [0.15, 0.2) is 0 Å². The number of nitrogens with zero attached hydrogens (tertiary/aromatic N) is 2. The van der Waals surface area contributed by atoms with Gasteiger partial charge in [0.2, 0.25) is 0 Å². The molecule has 76 valence electrons. The van der Waals surface area contributed by atoms with E-state index in [1.165, 1.54) is 51.9 Å². The second-order valence-electron chi connectivity index (χ2n) is 4.88. The maximum atomic E-state index is 2.79. The van der Waals surface area contributed by atoms with Crippen LogP contribution < -0.4 is 0 Å². The third-order valence-corrected chi connectivity index (χ3v) is 7.75. The van der Waals surface area contributed by atoms with Crippen LogP contribution in [-0.2, 0) is 0 Å². The number of rotatable bonds is 2. The van der Waals surface area contributed by atoms with Gasteiger partial charge in [0.15, 0.2) is 8.40 Å². The standard InChI is InChI=1S/C10H22N2Si/c1-13(2,11-7-3-4-8-11)12-9-5-6-10-12/h3-10H2,1-2H3. The van der Waals surface area contributed by atoms with Crippen LogP contribution >= 0.6 is 0 Å². The summed E-state index contributed by atoms with van der Waals surface area (Å²) in [6.45, 7) is 10.5. The molecule has 0 aromatic rings. The van der Waals surface area contributed by atoms with Crippen molar-refractivity contribution in [1.82, 2.24) is 9.13 Å². The fourth-order valence-corrected chi connectivity index (χ4v) is 5.95. The van der Waals surface area contributed by atoms with E-state index in [0.29, 0.717) is 0 Å². The minimum atomic E-state index is -1.17. The molecule has 0 atom stereocenters. The smallest absolute Gasteiger partial charge is 0.200 e. The molecule has 0 saturated carbocycles. The highest BCUT2D eigenvalue weighted by Crippen LogP contribution is 2.24. The Balaban J connectivity index is 1.99. The zero-order chi connectivity index (χ0) is 9.31. The third-order valence-electron chi connectivity index (χ3n) is 3.76. The fraction of sp³-hybridized carbons (Fsp3) is 1.00. The molecule has 2 fully saturated rings. The maximum absolute atomic E-state index is 2.79. The van der Waals surface area contributed by atoms with Gasteiger partial charge in [0.25, 0.3) is 0 Å². The largest absolute Gasteiger partial charge is 0.312 e. The summed E-state index contributed by atoms with van der Waals surface area (Å²) < 4.78 is 5.58. The van der Waals surface area contributed by atoms with Crippen molar-refractivity contribution in [3.05, 3.63) is 0 Å². The molecule has 0 spiro atoms. The van der Waals surface area contributed by atoms with Gasteiger partial charge in [-0.15, -0.1) is 0 Å². The Morgan fingerprint density at radius 2 is 1.00 bits per heavy atom. The second-order valence-corrected chi connectivity index (χ2v) is 9.14. The van der Waals surface area contributed by atoms with E-state index in [0.717, 1.165) is 0 Å². The van der Waals surface area contributed by atoms with E-state index >= 15 is 0 Å². The Kier molecular flexibility index (Phi) is 2.77. The molecule has 0 unspecified atom stereocenters. The highest BCUT2D eigenvalue weighted by Gasteiger charge is 2.38. The van der Waals surface area contributed by atoms with Crippen molar-refractivity contribution in [3.8, 4) is 0 Å². The highest BCUT2D eigenvalue weighted by atomic mass is 28.3. The molecule has 0 radical (unpaired) electrons. The first-order valence-electron chi connectivity index (χ1n) is 5.71. The Morgan fingerprint density at radius 1 is 0.692 bits per heavy atom. The monoisotopic (exact) mass is 198 g/mol. The second kappa shape index (κ2) is 3.71. The van der Waals surface area contributed by atoms with E-state index in [2.05, 4.69) is 22.2 Å².